The minimum absolute atomic E-state index is 0.0547. The van der Waals surface area contributed by atoms with E-state index in [1.54, 1.807) is 44.7 Å². The smallest absolute Gasteiger partial charge is 0.328 e. The van der Waals surface area contributed by atoms with Crippen LogP contribution in [0.5, 0.6) is 0 Å². The topological polar surface area (TPSA) is 137 Å². The maximum absolute atomic E-state index is 14.8. The molecule has 13 heteroatoms. The van der Waals surface area contributed by atoms with Gasteiger partial charge in [-0.05, 0) is 63.0 Å². The van der Waals surface area contributed by atoms with Crippen LogP contribution in [0.3, 0.4) is 0 Å². The van der Waals surface area contributed by atoms with E-state index in [0.29, 0.717) is 62.2 Å². The number of esters is 1. The number of likely N-dealkylation sites (tertiary alicyclic amines) is 2. The van der Waals surface area contributed by atoms with E-state index in [2.05, 4.69) is 5.32 Å². The van der Waals surface area contributed by atoms with Crippen molar-refractivity contribution in [2.45, 2.75) is 108 Å². The highest BCUT2D eigenvalue weighted by Gasteiger charge is 2.59. The number of halogens is 1. The molecule has 0 bridgehead atoms. The van der Waals surface area contributed by atoms with Crippen molar-refractivity contribution >= 4 is 47.1 Å². The lowest BCUT2D eigenvalue weighted by Crippen LogP contribution is -2.65. The SMILES string of the molecule is CCOC(=O)[C@@H]1C[C@@H](C)[C@@H]2C=C[C@H]3CCN(C(=O)[C@@H]4CC[C@H]5C=C[C@]6(CCCN6C(=O)C(Cc6ccccc6Cl)NC(C)=O)C(=O)N54)[C@@H]3C(=O)N12. The molecule has 0 saturated carbocycles. The molecule has 7 rings (SSSR count). The summed E-state index contributed by atoms with van der Waals surface area (Å²) in [7, 11) is 0. The average molecular weight is 720 g/mol. The molecule has 4 fully saturated rings. The summed E-state index contributed by atoms with van der Waals surface area (Å²) < 4.78 is 5.35. The fraction of sp³-hybridized carbons (Fsp3) is 0.579. The van der Waals surface area contributed by atoms with Gasteiger partial charge < -0.3 is 29.7 Å². The van der Waals surface area contributed by atoms with Gasteiger partial charge in [-0.25, -0.2) is 4.79 Å². The third-order valence-corrected chi connectivity index (χ3v) is 12.2. The fourth-order valence-electron chi connectivity index (χ4n) is 9.49. The summed E-state index contributed by atoms with van der Waals surface area (Å²) in [6.07, 6.45) is 11.0. The van der Waals surface area contributed by atoms with Gasteiger partial charge in [0.25, 0.3) is 5.91 Å². The zero-order chi connectivity index (χ0) is 36.2. The molecule has 9 atom stereocenters. The number of carbonyl (C=O) groups excluding carboxylic acids is 6. The Kier molecular flexibility index (Phi) is 9.49. The Morgan fingerprint density at radius 1 is 1.02 bits per heavy atom. The minimum Gasteiger partial charge on any atom is -0.464 e. The number of ether oxygens (including phenoxy) is 1. The molecule has 272 valence electrons. The Labute approximate surface area is 303 Å². The van der Waals surface area contributed by atoms with Crippen LogP contribution < -0.4 is 5.32 Å². The molecule has 12 nitrogen and oxygen atoms in total. The fourth-order valence-corrected chi connectivity index (χ4v) is 9.70. The van der Waals surface area contributed by atoms with E-state index < -0.39 is 35.7 Å². The summed E-state index contributed by atoms with van der Waals surface area (Å²) in [6.45, 7) is 6.00. The van der Waals surface area contributed by atoms with Gasteiger partial charge in [0.05, 0.1) is 18.7 Å². The highest BCUT2D eigenvalue weighted by atomic mass is 35.5. The maximum Gasteiger partial charge on any atom is 0.328 e. The van der Waals surface area contributed by atoms with E-state index in [9.17, 15) is 28.8 Å². The molecule has 1 aromatic rings. The molecule has 6 aliphatic heterocycles. The zero-order valence-corrected chi connectivity index (χ0v) is 30.1. The normalized spacial score (nSPS) is 32.9. The first kappa shape index (κ1) is 35.2. The molecule has 1 N–H and O–H groups in total. The lowest BCUT2D eigenvalue weighted by Gasteiger charge is -2.45. The summed E-state index contributed by atoms with van der Waals surface area (Å²) in [4.78, 5) is 89.8. The standard InChI is InChI=1S/C38H46ClN5O7/c1-4-51-36(49)31-20-22(2)29-12-10-24-15-19-41(32(24)35(48)44(29)31)34(47)30-13-11-26-14-17-38(37(50)43(26)30)16-7-18-42(38)33(46)28(40-23(3)45)21-25-8-5-6-9-27(25)39/h5-6,8-10,12,14,17,22,24,26,28-32H,4,7,11,13,15-16,18-21H2,1-3H3,(H,40,45)/t22-,24+,26+,28?,29+,30+,31+,32+,38-/m1/s1. The van der Waals surface area contributed by atoms with Crippen LogP contribution in [-0.4, -0.2) is 117 Å². The van der Waals surface area contributed by atoms with Crippen molar-refractivity contribution in [3.8, 4) is 0 Å². The number of carbonyl (C=O) groups is 6. The summed E-state index contributed by atoms with van der Waals surface area (Å²) in [5, 5.41) is 3.26. The summed E-state index contributed by atoms with van der Waals surface area (Å²) in [6, 6.07) is 3.32. The van der Waals surface area contributed by atoms with Crippen molar-refractivity contribution in [1.29, 1.82) is 0 Å². The van der Waals surface area contributed by atoms with Gasteiger partial charge in [-0.15, -0.1) is 0 Å². The van der Waals surface area contributed by atoms with E-state index in [1.165, 1.54) is 6.92 Å². The van der Waals surface area contributed by atoms with Crippen LogP contribution in [0, 0.1) is 11.8 Å². The number of benzene rings is 1. The number of nitrogens with zero attached hydrogens (tertiary/aromatic N) is 4. The molecule has 51 heavy (non-hydrogen) atoms. The molecule has 4 saturated heterocycles. The van der Waals surface area contributed by atoms with Gasteiger partial charge in [-0.2, -0.15) is 0 Å². The second-order valence-electron chi connectivity index (χ2n) is 14.8. The van der Waals surface area contributed by atoms with E-state index in [0.717, 1.165) is 0 Å². The van der Waals surface area contributed by atoms with E-state index >= 15 is 0 Å². The Morgan fingerprint density at radius 2 is 1.80 bits per heavy atom. The first-order valence-electron chi connectivity index (χ1n) is 18.3. The average Bonchev–Trinajstić information content (AvgIpc) is 3.88. The number of hydrogen-bond donors (Lipinski definition) is 1. The Morgan fingerprint density at radius 3 is 2.55 bits per heavy atom. The zero-order valence-electron chi connectivity index (χ0n) is 29.3. The Balaban J connectivity index is 1.14. The summed E-state index contributed by atoms with van der Waals surface area (Å²) in [5.74, 6) is -2.18. The Bertz CT molecular complexity index is 1700. The third kappa shape index (κ3) is 5.93. The maximum atomic E-state index is 14.8. The molecule has 0 aromatic heterocycles. The van der Waals surface area contributed by atoms with Crippen LogP contribution in [0.1, 0.15) is 64.9 Å². The van der Waals surface area contributed by atoms with Crippen LogP contribution in [0.4, 0.5) is 0 Å². The summed E-state index contributed by atoms with van der Waals surface area (Å²) in [5.41, 5.74) is -0.598. The van der Waals surface area contributed by atoms with Crippen molar-refractivity contribution in [1.82, 2.24) is 24.9 Å². The van der Waals surface area contributed by atoms with Crippen LogP contribution in [0.15, 0.2) is 48.6 Å². The van der Waals surface area contributed by atoms with Gasteiger partial charge in [-0.1, -0.05) is 61.0 Å². The highest BCUT2D eigenvalue weighted by molar-refractivity contribution is 6.31. The largest absolute Gasteiger partial charge is 0.464 e. The monoisotopic (exact) mass is 719 g/mol. The molecule has 0 radical (unpaired) electrons. The molecule has 1 unspecified atom stereocenters. The van der Waals surface area contributed by atoms with Crippen molar-refractivity contribution in [2.75, 3.05) is 19.7 Å². The minimum atomic E-state index is -1.30. The molecule has 5 amide bonds. The first-order chi connectivity index (χ1) is 24.5. The molecular weight excluding hydrogens is 674 g/mol. The second-order valence-corrected chi connectivity index (χ2v) is 15.2. The first-order valence-corrected chi connectivity index (χ1v) is 18.7. The van der Waals surface area contributed by atoms with Crippen molar-refractivity contribution in [2.24, 2.45) is 11.8 Å². The number of hydrogen-bond acceptors (Lipinski definition) is 7. The van der Waals surface area contributed by atoms with Gasteiger partial charge in [0.2, 0.25) is 23.6 Å². The van der Waals surface area contributed by atoms with Crippen LogP contribution >= 0.6 is 11.6 Å². The molecule has 1 spiro atoms. The van der Waals surface area contributed by atoms with E-state index in [4.69, 9.17) is 16.3 Å². The molecule has 6 aliphatic rings. The van der Waals surface area contributed by atoms with E-state index in [-0.39, 0.29) is 66.5 Å². The van der Waals surface area contributed by atoms with Crippen LogP contribution in [-0.2, 0) is 39.9 Å². The van der Waals surface area contributed by atoms with Crippen molar-refractivity contribution in [3.63, 3.8) is 0 Å². The molecular formula is C38H46ClN5O7. The molecule has 0 aliphatic carbocycles. The molecule has 6 heterocycles. The van der Waals surface area contributed by atoms with Gasteiger partial charge in [0, 0.05) is 37.4 Å². The highest BCUT2D eigenvalue weighted by Crippen LogP contribution is 2.44. The number of nitrogens with one attached hydrogen (secondary N) is 1. The quantitative estimate of drug-likeness (QED) is 0.338. The predicted molar refractivity (Wildman–Crippen MR) is 187 cm³/mol. The van der Waals surface area contributed by atoms with Gasteiger partial charge in [0.15, 0.2) is 0 Å². The number of rotatable bonds is 7. The lowest BCUT2D eigenvalue weighted by molar-refractivity contribution is -0.159. The van der Waals surface area contributed by atoms with Crippen molar-refractivity contribution in [3.05, 3.63) is 59.2 Å². The number of fused-ring (bicyclic) bond motifs is 3. The number of amides is 5. The van der Waals surface area contributed by atoms with Gasteiger partial charge in [-0.3, -0.25) is 24.0 Å². The predicted octanol–water partition coefficient (Wildman–Crippen LogP) is 2.63. The van der Waals surface area contributed by atoms with Crippen LogP contribution in [0.25, 0.3) is 0 Å². The van der Waals surface area contributed by atoms with Crippen LogP contribution in [0.2, 0.25) is 5.02 Å². The van der Waals surface area contributed by atoms with Gasteiger partial charge >= 0.3 is 5.97 Å². The second kappa shape index (κ2) is 13.7. The third-order valence-electron chi connectivity index (χ3n) is 11.8. The van der Waals surface area contributed by atoms with Crippen molar-refractivity contribution < 1.29 is 33.5 Å². The van der Waals surface area contributed by atoms with E-state index in [1.807, 2.05) is 37.3 Å². The Hall–Kier alpha value is -4.19. The lowest BCUT2D eigenvalue weighted by atomic mass is 9.88. The molecule has 1 aromatic carbocycles. The van der Waals surface area contributed by atoms with Gasteiger partial charge in [0.1, 0.15) is 29.7 Å². The summed E-state index contributed by atoms with van der Waals surface area (Å²) >= 11 is 6.43.